The monoisotopic (exact) mass is 434 g/mol. The van der Waals surface area contributed by atoms with E-state index in [0.717, 1.165) is 40.0 Å². The lowest BCUT2D eigenvalue weighted by Crippen LogP contribution is -2.12. The molecule has 4 nitrogen and oxygen atoms in total. The van der Waals surface area contributed by atoms with Crippen molar-refractivity contribution in [3.63, 3.8) is 0 Å². The first-order valence-corrected chi connectivity index (χ1v) is 10.9. The van der Waals surface area contributed by atoms with E-state index in [1.165, 1.54) is 0 Å². The highest BCUT2D eigenvalue weighted by molar-refractivity contribution is 6.05. The van der Waals surface area contributed by atoms with Gasteiger partial charge in [0.15, 0.2) is 0 Å². The van der Waals surface area contributed by atoms with Gasteiger partial charge in [0.05, 0.1) is 0 Å². The van der Waals surface area contributed by atoms with Crippen molar-refractivity contribution in [3.05, 3.63) is 130 Å². The minimum absolute atomic E-state index is 0.116. The Labute approximate surface area is 194 Å². The molecule has 4 rings (SSSR count). The lowest BCUT2D eigenvalue weighted by Gasteiger charge is -2.09. The number of amides is 2. The maximum absolute atomic E-state index is 12.4. The van der Waals surface area contributed by atoms with E-state index in [1.807, 2.05) is 111 Å². The number of rotatable bonds is 6. The molecule has 4 heteroatoms. The van der Waals surface area contributed by atoms with Crippen molar-refractivity contribution in [3.8, 4) is 0 Å². The van der Waals surface area contributed by atoms with Gasteiger partial charge in [-0.3, -0.25) is 9.59 Å². The Bertz CT molecular complexity index is 1170. The third-order valence-electron chi connectivity index (χ3n) is 5.39. The highest BCUT2D eigenvalue weighted by Crippen LogP contribution is 2.17. The number of hydrogen-bond acceptors (Lipinski definition) is 2. The van der Waals surface area contributed by atoms with Crippen LogP contribution >= 0.6 is 0 Å². The van der Waals surface area contributed by atoms with Gasteiger partial charge in [-0.25, -0.2) is 0 Å². The summed E-state index contributed by atoms with van der Waals surface area (Å²) in [5.74, 6) is -0.232. The van der Waals surface area contributed by atoms with Crippen molar-refractivity contribution in [2.45, 2.75) is 20.3 Å². The molecule has 0 aromatic heterocycles. The molecule has 0 spiro atoms. The zero-order valence-corrected chi connectivity index (χ0v) is 18.8. The lowest BCUT2D eigenvalue weighted by atomic mass is 10.0. The van der Waals surface area contributed by atoms with Gasteiger partial charge in [-0.2, -0.15) is 0 Å². The largest absolute Gasteiger partial charge is 0.322 e. The molecular formula is C29H26N2O2. The number of aryl methyl sites for hydroxylation is 2. The molecule has 0 saturated heterocycles. The Morgan fingerprint density at radius 2 is 0.970 bits per heavy atom. The van der Waals surface area contributed by atoms with E-state index in [-0.39, 0.29) is 11.8 Å². The van der Waals surface area contributed by atoms with E-state index >= 15 is 0 Å². The molecule has 0 aliphatic heterocycles. The van der Waals surface area contributed by atoms with Gasteiger partial charge in [0.1, 0.15) is 0 Å². The first-order chi connectivity index (χ1) is 16.0. The number of hydrogen-bond donors (Lipinski definition) is 2. The number of benzene rings is 4. The second-order valence-electron chi connectivity index (χ2n) is 8.22. The molecule has 2 amide bonds. The molecule has 164 valence electrons. The molecule has 2 N–H and O–H groups in total. The van der Waals surface area contributed by atoms with E-state index < -0.39 is 0 Å². The molecule has 0 fully saturated rings. The van der Waals surface area contributed by atoms with Crippen LogP contribution in [0.15, 0.2) is 97.1 Å². The summed E-state index contributed by atoms with van der Waals surface area (Å²) in [6, 6.07) is 30.8. The summed E-state index contributed by atoms with van der Waals surface area (Å²) in [4.78, 5) is 24.8. The van der Waals surface area contributed by atoms with Gasteiger partial charge < -0.3 is 10.6 Å². The molecule has 0 atom stereocenters. The zero-order chi connectivity index (χ0) is 23.2. The van der Waals surface area contributed by atoms with Crippen molar-refractivity contribution in [1.82, 2.24) is 0 Å². The third-order valence-corrected chi connectivity index (χ3v) is 5.39. The highest BCUT2D eigenvalue weighted by Gasteiger charge is 2.08. The van der Waals surface area contributed by atoms with Crippen LogP contribution in [0.3, 0.4) is 0 Å². The summed E-state index contributed by atoms with van der Waals surface area (Å²) in [5, 5.41) is 5.88. The number of anilines is 2. The van der Waals surface area contributed by atoms with Gasteiger partial charge in [-0.15, -0.1) is 0 Å². The van der Waals surface area contributed by atoms with E-state index in [9.17, 15) is 9.59 Å². The van der Waals surface area contributed by atoms with Gasteiger partial charge in [0.25, 0.3) is 11.8 Å². The van der Waals surface area contributed by atoms with Crippen LogP contribution in [0.2, 0.25) is 0 Å². The number of carbonyl (C=O) groups excluding carboxylic acids is 2. The molecule has 0 bridgehead atoms. The summed E-state index contributed by atoms with van der Waals surface area (Å²) < 4.78 is 0. The fourth-order valence-corrected chi connectivity index (χ4v) is 3.63. The fraction of sp³-hybridized carbons (Fsp3) is 0.103. The second kappa shape index (κ2) is 9.96. The molecule has 0 aliphatic carbocycles. The van der Waals surface area contributed by atoms with E-state index in [2.05, 4.69) is 10.6 Å². The zero-order valence-electron chi connectivity index (χ0n) is 18.8. The number of nitrogens with one attached hydrogen (secondary N) is 2. The van der Waals surface area contributed by atoms with Crippen LogP contribution in [0.1, 0.15) is 43.0 Å². The molecule has 4 aromatic carbocycles. The van der Waals surface area contributed by atoms with Crippen molar-refractivity contribution < 1.29 is 9.59 Å². The molecule has 0 saturated carbocycles. The summed E-state index contributed by atoms with van der Waals surface area (Å²) in [6.45, 7) is 3.94. The van der Waals surface area contributed by atoms with Crippen LogP contribution in [0, 0.1) is 13.8 Å². The molecular weight excluding hydrogens is 408 g/mol. The van der Waals surface area contributed by atoms with Crippen LogP contribution < -0.4 is 10.6 Å². The van der Waals surface area contributed by atoms with Crippen molar-refractivity contribution in [2.75, 3.05) is 10.6 Å². The maximum atomic E-state index is 12.4. The summed E-state index contributed by atoms with van der Waals surface area (Å²) >= 11 is 0. The van der Waals surface area contributed by atoms with Gasteiger partial charge in [0.2, 0.25) is 0 Å². The predicted octanol–water partition coefficient (Wildman–Crippen LogP) is 6.40. The van der Waals surface area contributed by atoms with Gasteiger partial charge in [0, 0.05) is 22.5 Å². The Morgan fingerprint density at radius 1 is 0.576 bits per heavy atom. The molecule has 0 radical (unpaired) electrons. The van der Waals surface area contributed by atoms with Crippen molar-refractivity contribution in [1.29, 1.82) is 0 Å². The van der Waals surface area contributed by atoms with Gasteiger partial charge in [-0.1, -0.05) is 59.7 Å². The summed E-state index contributed by atoms with van der Waals surface area (Å²) in [7, 11) is 0. The second-order valence-corrected chi connectivity index (χ2v) is 8.22. The van der Waals surface area contributed by atoms with Crippen LogP contribution in [0.5, 0.6) is 0 Å². The van der Waals surface area contributed by atoms with Crippen LogP contribution in [0.25, 0.3) is 0 Å². The topological polar surface area (TPSA) is 58.2 Å². The molecule has 0 heterocycles. The molecule has 0 aliphatic rings. The van der Waals surface area contributed by atoms with Crippen molar-refractivity contribution in [2.24, 2.45) is 0 Å². The maximum Gasteiger partial charge on any atom is 0.255 e. The van der Waals surface area contributed by atoms with Gasteiger partial charge >= 0.3 is 0 Å². The quantitative estimate of drug-likeness (QED) is 0.369. The van der Waals surface area contributed by atoms with E-state index in [1.54, 1.807) is 0 Å². The summed E-state index contributed by atoms with van der Waals surface area (Å²) in [6.07, 6.45) is 0.762. The first-order valence-electron chi connectivity index (χ1n) is 10.9. The Balaban J connectivity index is 1.34. The minimum atomic E-state index is -0.116. The molecule has 0 unspecified atom stereocenters. The average molecular weight is 435 g/mol. The van der Waals surface area contributed by atoms with Crippen molar-refractivity contribution >= 4 is 23.2 Å². The predicted molar refractivity (Wildman–Crippen MR) is 134 cm³/mol. The average Bonchev–Trinajstić information content (AvgIpc) is 2.81. The standard InChI is InChI=1S/C29H26N2O2/c1-20-5-3-7-24(17-20)28(32)30-26-13-9-22(10-14-26)19-23-11-15-27(16-12-23)31-29(33)25-8-4-6-21(2)18-25/h3-18H,19H2,1-2H3,(H,30,32)(H,31,33). The van der Waals surface area contributed by atoms with Crippen LogP contribution in [0.4, 0.5) is 11.4 Å². The first kappa shape index (κ1) is 22.0. The van der Waals surface area contributed by atoms with Gasteiger partial charge in [-0.05, 0) is 79.9 Å². The smallest absolute Gasteiger partial charge is 0.255 e. The highest BCUT2D eigenvalue weighted by atomic mass is 16.2. The van der Waals surface area contributed by atoms with E-state index in [0.29, 0.717) is 11.1 Å². The lowest BCUT2D eigenvalue weighted by molar-refractivity contribution is 0.101. The third kappa shape index (κ3) is 5.95. The normalized spacial score (nSPS) is 10.5. The molecule has 33 heavy (non-hydrogen) atoms. The SMILES string of the molecule is Cc1cccc(C(=O)Nc2ccc(Cc3ccc(NC(=O)c4cccc(C)c4)cc3)cc2)c1. The fourth-order valence-electron chi connectivity index (χ4n) is 3.63. The summed E-state index contributed by atoms with van der Waals surface area (Å²) in [5.41, 5.74) is 7.21. The van der Waals surface area contributed by atoms with Crippen LogP contribution in [-0.2, 0) is 6.42 Å². The Hall–Kier alpha value is -4.18. The Morgan fingerprint density at radius 3 is 1.33 bits per heavy atom. The van der Waals surface area contributed by atoms with E-state index in [4.69, 9.17) is 0 Å². The van der Waals surface area contributed by atoms with Crippen LogP contribution in [-0.4, -0.2) is 11.8 Å². The molecule has 4 aromatic rings. The minimum Gasteiger partial charge on any atom is -0.322 e. The number of carbonyl (C=O) groups is 2. The Kier molecular flexibility index (Phi) is 6.65.